The number of ether oxygens (including phenoxy) is 1. The monoisotopic (exact) mass is 257 g/mol. The van der Waals surface area contributed by atoms with E-state index in [4.69, 9.17) is 4.74 Å². The standard InChI is InChI=1S/C16H19NO2/c18-12-16(9-2-1-3-10-16)19-14-8-4-6-13-7-5-11-17-15(13)14/h4-8,11,18H,1-3,9-10,12H2. The lowest BCUT2D eigenvalue weighted by atomic mass is 9.85. The van der Waals surface area contributed by atoms with Crippen molar-refractivity contribution in [2.45, 2.75) is 37.7 Å². The Morgan fingerprint density at radius 2 is 1.89 bits per heavy atom. The van der Waals surface area contributed by atoms with Crippen LogP contribution < -0.4 is 4.74 Å². The minimum Gasteiger partial charge on any atom is -0.483 e. The van der Waals surface area contributed by atoms with Gasteiger partial charge in [-0.2, -0.15) is 0 Å². The predicted molar refractivity (Wildman–Crippen MR) is 75.3 cm³/mol. The van der Waals surface area contributed by atoms with E-state index in [1.807, 2.05) is 30.3 Å². The molecule has 0 aliphatic heterocycles. The minimum atomic E-state index is -0.413. The molecular formula is C16H19NO2. The average Bonchev–Trinajstić information content (AvgIpc) is 2.49. The van der Waals surface area contributed by atoms with Crippen LogP contribution in [-0.4, -0.2) is 22.3 Å². The number of rotatable bonds is 3. The number of pyridine rings is 1. The van der Waals surface area contributed by atoms with Crippen molar-refractivity contribution in [1.82, 2.24) is 4.98 Å². The Morgan fingerprint density at radius 1 is 1.11 bits per heavy atom. The molecule has 1 saturated carbocycles. The van der Waals surface area contributed by atoms with E-state index in [2.05, 4.69) is 4.98 Å². The molecule has 3 heteroatoms. The summed E-state index contributed by atoms with van der Waals surface area (Å²) in [5, 5.41) is 10.8. The van der Waals surface area contributed by atoms with Crippen LogP contribution in [0.15, 0.2) is 36.5 Å². The van der Waals surface area contributed by atoms with Gasteiger partial charge in [0.2, 0.25) is 0 Å². The Labute approximate surface area is 113 Å². The topological polar surface area (TPSA) is 42.4 Å². The van der Waals surface area contributed by atoms with Gasteiger partial charge in [0.1, 0.15) is 16.9 Å². The van der Waals surface area contributed by atoms with E-state index in [1.165, 1.54) is 6.42 Å². The van der Waals surface area contributed by atoms with Gasteiger partial charge in [-0.15, -0.1) is 0 Å². The van der Waals surface area contributed by atoms with E-state index < -0.39 is 5.60 Å². The number of aromatic nitrogens is 1. The highest BCUT2D eigenvalue weighted by Gasteiger charge is 2.34. The zero-order valence-electron chi connectivity index (χ0n) is 11.0. The molecule has 1 N–H and O–H groups in total. The third kappa shape index (κ3) is 2.43. The molecular weight excluding hydrogens is 238 g/mol. The summed E-state index contributed by atoms with van der Waals surface area (Å²) in [5.41, 5.74) is 0.466. The molecule has 0 unspecified atom stereocenters. The van der Waals surface area contributed by atoms with Gasteiger partial charge in [0.25, 0.3) is 0 Å². The Bertz CT molecular complexity index is 556. The van der Waals surface area contributed by atoms with E-state index in [0.29, 0.717) is 0 Å². The van der Waals surface area contributed by atoms with Crippen LogP contribution in [0.1, 0.15) is 32.1 Å². The fourth-order valence-electron chi connectivity index (χ4n) is 2.88. The van der Waals surface area contributed by atoms with Crippen molar-refractivity contribution >= 4 is 10.9 Å². The van der Waals surface area contributed by atoms with Gasteiger partial charge in [-0.05, 0) is 37.8 Å². The van der Waals surface area contributed by atoms with Crippen LogP contribution in [-0.2, 0) is 0 Å². The van der Waals surface area contributed by atoms with Gasteiger partial charge in [-0.25, -0.2) is 0 Å². The van der Waals surface area contributed by atoms with Gasteiger partial charge in [0, 0.05) is 11.6 Å². The van der Waals surface area contributed by atoms with E-state index in [9.17, 15) is 5.11 Å². The van der Waals surface area contributed by atoms with Gasteiger partial charge >= 0.3 is 0 Å². The largest absolute Gasteiger partial charge is 0.483 e. The maximum Gasteiger partial charge on any atom is 0.146 e. The van der Waals surface area contributed by atoms with Crippen molar-refractivity contribution in [2.75, 3.05) is 6.61 Å². The van der Waals surface area contributed by atoms with Crippen molar-refractivity contribution in [3.63, 3.8) is 0 Å². The lowest BCUT2D eigenvalue weighted by molar-refractivity contribution is -0.0188. The second kappa shape index (κ2) is 5.17. The third-order valence-electron chi connectivity index (χ3n) is 3.98. The van der Waals surface area contributed by atoms with Gasteiger partial charge < -0.3 is 9.84 Å². The Morgan fingerprint density at radius 3 is 2.68 bits per heavy atom. The van der Waals surface area contributed by atoms with E-state index in [1.54, 1.807) is 6.20 Å². The minimum absolute atomic E-state index is 0.0796. The molecule has 1 heterocycles. The highest BCUT2D eigenvalue weighted by Crippen LogP contribution is 2.35. The maximum atomic E-state index is 9.73. The Hall–Kier alpha value is -1.61. The highest BCUT2D eigenvalue weighted by molar-refractivity contribution is 5.84. The lowest BCUT2D eigenvalue weighted by Gasteiger charge is -2.36. The van der Waals surface area contributed by atoms with E-state index in [-0.39, 0.29) is 6.61 Å². The second-order valence-electron chi connectivity index (χ2n) is 5.34. The quantitative estimate of drug-likeness (QED) is 0.917. The molecule has 0 spiro atoms. The van der Waals surface area contributed by atoms with E-state index >= 15 is 0 Å². The molecule has 0 atom stereocenters. The molecule has 2 aromatic rings. The molecule has 0 radical (unpaired) electrons. The summed E-state index contributed by atoms with van der Waals surface area (Å²) >= 11 is 0. The number of aliphatic hydroxyl groups is 1. The van der Waals surface area contributed by atoms with Gasteiger partial charge in [-0.1, -0.05) is 24.6 Å². The molecule has 1 aliphatic carbocycles. The van der Waals surface area contributed by atoms with Crippen LogP contribution in [0.4, 0.5) is 0 Å². The first-order chi connectivity index (χ1) is 9.33. The average molecular weight is 257 g/mol. The normalized spacial score (nSPS) is 18.4. The Kier molecular flexibility index (Phi) is 3.38. The van der Waals surface area contributed by atoms with Crippen LogP contribution in [0.3, 0.4) is 0 Å². The van der Waals surface area contributed by atoms with Crippen LogP contribution in [0, 0.1) is 0 Å². The summed E-state index contributed by atoms with van der Waals surface area (Å²) in [6.07, 6.45) is 7.11. The molecule has 3 nitrogen and oxygen atoms in total. The van der Waals surface area contributed by atoms with Crippen molar-refractivity contribution in [3.05, 3.63) is 36.5 Å². The molecule has 0 amide bonds. The van der Waals surface area contributed by atoms with Crippen molar-refractivity contribution < 1.29 is 9.84 Å². The second-order valence-corrected chi connectivity index (χ2v) is 5.34. The molecule has 1 aromatic heterocycles. The molecule has 1 aromatic carbocycles. The molecule has 19 heavy (non-hydrogen) atoms. The smallest absolute Gasteiger partial charge is 0.146 e. The van der Waals surface area contributed by atoms with Gasteiger partial charge in [0.15, 0.2) is 0 Å². The lowest BCUT2D eigenvalue weighted by Crippen LogP contribution is -2.42. The molecule has 1 fully saturated rings. The molecule has 3 rings (SSSR count). The maximum absolute atomic E-state index is 9.73. The highest BCUT2D eigenvalue weighted by atomic mass is 16.5. The number of nitrogens with zero attached hydrogens (tertiary/aromatic N) is 1. The number of benzene rings is 1. The number of hydrogen-bond donors (Lipinski definition) is 1. The molecule has 100 valence electrons. The number of para-hydroxylation sites is 1. The van der Waals surface area contributed by atoms with Gasteiger partial charge in [0.05, 0.1) is 6.61 Å². The number of hydrogen-bond acceptors (Lipinski definition) is 3. The zero-order chi connectivity index (χ0) is 13.1. The van der Waals surface area contributed by atoms with E-state index in [0.717, 1.165) is 42.3 Å². The summed E-state index contributed by atoms with van der Waals surface area (Å²) in [4.78, 5) is 4.41. The first-order valence-corrected chi connectivity index (χ1v) is 6.97. The molecule has 0 bridgehead atoms. The summed E-state index contributed by atoms with van der Waals surface area (Å²) in [6, 6.07) is 9.91. The van der Waals surface area contributed by atoms with Crippen LogP contribution in [0.25, 0.3) is 10.9 Å². The van der Waals surface area contributed by atoms with Crippen molar-refractivity contribution in [1.29, 1.82) is 0 Å². The van der Waals surface area contributed by atoms with Crippen molar-refractivity contribution in [3.8, 4) is 5.75 Å². The van der Waals surface area contributed by atoms with Gasteiger partial charge in [-0.3, -0.25) is 4.98 Å². The van der Waals surface area contributed by atoms with Crippen LogP contribution in [0.2, 0.25) is 0 Å². The van der Waals surface area contributed by atoms with Crippen molar-refractivity contribution in [2.24, 2.45) is 0 Å². The van der Waals surface area contributed by atoms with Crippen LogP contribution >= 0.6 is 0 Å². The fourth-order valence-corrected chi connectivity index (χ4v) is 2.88. The first-order valence-electron chi connectivity index (χ1n) is 6.97. The summed E-state index contributed by atoms with van der Waals surface area (Å²) < 4.78 is 6.19. The molecule has 1 aliphatic rings. The fraction of sp³-hybridized carbons (Fsp3) is 0.438. The number of fused-ring (bicyclic) bond motifs is 1. The molecule has 0 saturated heterocycles. The Balaban J connectivity index is 1.96. The summed E-state index contributed by atoms with van der Waals surface area (Å²) in [5.74, 6) is 0.786. The number of aliphatic hydroxyl groups excluding tert-OH is 1. The summed E-state index contributed by atoms with van der Waals surface area (Å²) in [7, 11) is 0. The third-order valence-corrected chi connectivity index (χ3v) is 3.98. The predicted octanol–water partition coefficient (Wildman–Crippen LogP) is 3.31. The first kappa shape index (κ1) is 12.4. The zero-order valence-corrected chi connectivity index (χ0v) is 11.0. The van der Waals surface area contributed by atoms with Crippen LogP contribution in [0.5, 0.6) is 5.75 Å². The summed E-state index contributed by atoms with van der Waals surface area (Å²) in [6.45, 7) is 0.0796. The SMILES string of the molecule is OCC1(Oc2cccc3cccnc23)CCCCC1.